The minimum absolute atomic E-state index is 0.305. The summed E-state index contributed by atoms with van der Waals surface area (Å²) in [6, 6.07) is 11.3. The maximum absolute atomic E-state index is 13.8. The number of aromatic nitrogens is 2. The van der Waals surface area contributed by atoms with Gasteiger partial charge in [0.15, 0.2) is 0 Å². The molecule has 0 bridgehead atoms. The molecule has 0 aliphatic heterocycles. The first kappa shape index (κ1) is 16.4. The van der Waals surface area contributed by atoms with Crippen LogP contribution in [-0.4, -0.2) is 27.0 Å². The molecular weight excluding hydrogens is 323 g/mol. The SMILES string of the molecule is Cc1cn(N=Cc2ccc(-c3ccc(C(=O)O)c(F)c3)cc2)c(N)n1. The summed E-state index contributed by atoms with van der Waals surface area (Å²) in [5, 5.41) is 13.1. The maximum atomic E-state index is 13.8. The first-order valence-corrected chi connectivity index (χ1v) is 7.43. The predicted octanol–water partition coefficient (Wildman–Crippen LogP) is 3.16. The van der Waals surface area contributed by atoms with Crippen molar-refractivity contribution < 1.29 is 14.3 Å². The Morgan fingerprint density at radius 2 is 1.92 bits per heavy atom. The van der Waals surface area contributed by atoms with Crippen molar-refractivity contribution in [2.24, 2.45) is 5.10 Å². The highest BCUT2D eigenvalue weighted by atomic mass is 19.1. The van der Waals surface area contributed by atoms with Gasteiger partial charge >= 0.3 is 5.97 Å². The highest BCUT2D eigenvalue weighted by Crippen LogP contribution is 2.22. The third kappa shape index (κ3) is 3.55. The number of aromatic carboxylic acids is 1. The van der Waals surface area contributed by atoms with Gasteiger partial charge in [0, 0.05) is 0 Å². The molecule has 0 unspecified atom stereocenters. The number of imidazole rings is 1. The zero-order chi connectivity index (χ0) is 18.0. The Morgan fingerprint density at radius 3 is 2.48 bits per heavy atom. The van der Waals surface area contributed by atoms with Crippen molar-refractivity contribution in [1.82, 2.24) is 9.66 Å². The average Bonchev–Trinajstić information content (AvgIpc) is 2.90. The van der Waals surface area contributed by atoms with E-state index in [9.17, 15) is 9.18 Å². The summed E-state index contributed by atoms with van der Waals surface area (Å²) in [4.78, 5) is 14.9. The van der Waals surface area contributed by atoms with Gasteiger partial charge < -0.3 is 10.8 Å². The fraction of sp³-hybridized carbons (Fsp3) is 0.0556. The number of carboxylic acids is 1. The van der Waals surface area contributed by atoms with Crippen molar-refractivity contribution in [2.45, 2.75) is 6.92 Å². The molecule has 3 rings (SSSR count). The van der Waals surface area contributed by atoms with Crippen molar-refractivity contribution in [3.05, 3.63) is 71.3 Å². The molecule has 0 radical (unpaired) electrons. The number of benzene rings is 2. The van der Waals surface area contributed by atoms with Gasteiger partial charge in [-0.1, -0.05) is 30.3 Å². The molecule has 2 aromatic carbocycles. The highest BCUT2D eigenvalue weighted by Gasteiger charge is 2.11. The molecule has 3 N–H and O–H groups in total. The van der Waals surface area contributed by atoms with Crippen LogP contribution >= 0.6 is 0 Å². The van der Waals surface area contributed by atoms with Crippen LogP contribution in [0.3, 0.4) is 0 Å². The van der Waals surface area contributed by atoms with E-state index < -0.39 is 11.8 Å². The van der Waals surface area contributed by atoms with Crippen LogP contribution in [-0.2, 0) is 0 Å². The molecule has 7 heteroatoms. The van der Waals surface area contributed by atoms with E-state index in [0.717, 1.165) is 16.8 Å². The summed E-state index contributed by atoms with van der Waals surface area (Å²) in [6.45, 7) is 1.83. The molecule has 3 aromatic rings. The van der Waals surface area contributed by atoms with Gasteiger partial charge in [0.1, 0.15) is 5.82 Å². The summed E-state index contributed by atoms with van der Waals surface area (Å²) in [5.74, 6) is -1.74. The fourth-order valence-electron chi connectivity index (χ4n) is 2.35. The topological polar surface area (TPSA) is 93.5 Å². The van der Waals surface area contributed by atoms with Crippen molar-refractivity contribution in [2.75, 3.05) is 5.73 Å². The number of nitrogens with two attached hydrogens (primary N) is 1. The molecule has 0 saturated carbocycles. The van der Waals surface area contributed by atoms with E-state index in [-0.39, 0.29) is 5.56 Å². The van der Waals surface area contributed by atoms with Crippen LogP contribution in [0.1, 0.15) is 21.6 Å². The van der Waals surface area contributed by atoms with Gasteiger partial charge in [0.05, 0.1) is 23.7 Å². The number of carbonyl (C=O) groups is 1. The Balaban J connectivity index is 1.81. The lowest BCUT2D eigenvalue weighted by molar-refractivity contribution is 0.0692. The molecule has 0 fully saturated rings. The molecule has 25 heavy (non-hydrogen) atoms. The Hall–Kier alpha value is -3.48. The summed E-state index contributed by atoms with van der Waals surface area (Å²) in [6.07, 6.45) is 3.35. The van der Waals surface area contributed by atoms with E-state index in [2.05, 4.69) is 10.1 Å². The van der Waals surface area contributed by atoms with Crippen molar-refractivity contribution in [3.8, 4) is 11.1 Å². The number of hydrogen-bond acceptors (Lipinski definition) is 4. The fourth-order valence-corrected chi connectivity index (χ4v) is 2.35. The van der Waals surface area contributed by atoms with Crippen molar-refractivity contribution in [3.63, 3.8) is 0 Å². The number of nitrogens with zero attached hydrogens (tertiary/aromatic N) is 3. The standard InChI is InChI=1S/C18H15FN4O2/c1-11-10-23(18(20)22-11)21-9-12-2-4-13(5-3-12)14-6-7-15(17(24)25)16(19)8-14/h2-10H,1H3,(H2,20,22)(H,24,25). The average molecular weight is 338 g/mol. The minimum atomic E-state index is -1.29. The Labute approximate surface area is 143 Å². The van der Waals surface area contributed by atoms with E-state index >= 15 is 0 Å². The van der Waals surface area contributed by atoms with Crippen LogP contribution in [0, 0.1) is 12.7 Å². The lowest BCUT2D eigenvalue weighted by atomic mass is 10.0. The number of nitrogen functional groups attached to an aromatic ring is 1. The van der Waals surface area contributed by atoms with E-state index in [1.165, 1.54) is 16.8 Å². The second-order valence-corrected chi connectivity index (χ2v) is 5.45. The molecule has 6 nitrogen and oxygen atoms in total. The van der Waals surface area contributed by atoms with Crippen LogP contribution in [0.15, 0.2) is 53.8 Å². The maximum Gasteiger partial charge on any atom is 0.338 e. The Morgan fingerprint density at radius 1 is 1.24 bits per heavy atom. The second kappa shape index (κ2) is 6.56. The molecule has 0 aliphatic carbocycles. The summed E-state index contributed by atoms with van der Waals surface area (Å²) in [7, 11) is 0. The van der Waals surface area contributed by atoms with Gasteiger partial charge in [0.25, 0.3) is 0 Å². The van der Waals surface area contributed by atoms with Gasteiger partial charge in [-0.25, -0.2) is 18.8 Å². The van der Waals surface area contributed by atoms with E-state index in [0.29, 0.717) is 11.5 Å². The predicted molar refractivity (Wildman–Crippen MR) is 93.2 cm³/mol. The van der Waals surface area contributed by atoms with Crippen LogP contribution in [0.2, 0.25) is 0 Å². The molecule has 0 spiro atoms. The lowest BCUT2D eigenvalue weighted by Gasteiger charge is -2.04. The van der Waals surface area contributed by atoms with E-state index in [1.54, 1.807) is 30.6 Å². The minimum Gasteiger partial charge on any atom is -0.478 e. The monoisotopic (exact) mass is 338 g/mol. The van der Waals surface area contributed by atoms with Crippen molar-refractivity contribution >= 4 is 18.1 Å². The largest absolute Gasteiger partial charge is 0.478 e. The second-order valence-electron chi connectivity index (χ2n) is 5.45. The van der Waals surface area contributed by atoms with Crippen LogP contribution in [0.4, 0.5) is 10.3 Å². The zero-order valence-corrected chi connectivity index (χ0v) is 13.3. The first-order valence-electron chi connectivity index (χ1n) is 7.43. The first-order chi connectivity index (χ1) is 11.9. The lowest BCUT2D eigenvalue weighted by Crippen LogP contribution is -2.00. The molecule has 1 aromatic heterocycles. The van der Waals surface area contributed by atoms with Gasteiger partial charge in [-0.05, 0) is 35.7 Å². The molecule has 0 amide bonds. The quantitative estimate of drug-likeness (QED) is 0.715. The number of carboxylic acid groups (broad SMARTS) is 1. The smallest absolute Gasteiger partial charge is 0.338 e. The molecule has 0 atom stereocenters. The number of rotatable bonds is 4. The summed E-state index contributed by atoms with van der Waals surface area (Å²) >= 11 is 0. The van der Waals surface area contributed by atoms with E-state index in [1.807, 2.05) is 19.1 Å². The zero-order valence-electron chi connectivity index (χ0n) is 13.3. The third-order valence-corrected chi connectivity index (χ3v) is 3.61. The van der Waals surface area contributed by atoms with Gasteiger partial charge in [-0.15, -0.1) is 0 Å². The Kier molecular flexibility index (Phi) is 4.30. The van der Waals surface area contributed by atoms with Gasteiger partial charge in [-0.2, -0.15) is 5.10 Å². The molecule has 126 valence electrons. The number of halogens is 1. The molecule has 0 saturated heterocycles. The normalized spacial score (nSPS) is 11.1. The summed E-state index contributed by atoms with van der Waals surface area (Å²) in [5.41, 5.74) is 8.34. The third-order valence-electron chi connectivity index (χ3n) is 3.61. The Bertz CT molecular complexity index is 962. The number of anilines is 1. The van der Waals surface area contributed by atoms with Crippen LogP contribution < -0.4 is 5.73 Å². The number of aryl methyl sites for hydroxylation is 1. The molecular formula is C18H15FN4O2. The van der Waals surface area contributed by atoms with E-state index in [4.69, 9.17) is 10.8 Å². The highest BCUT2D eigenvalue weighted by molar-refractivity contribution is 5.89. The molecule has 1 heterocycles. The van der Waals surface area contributed by atoms with Gasteiger partial charge in [-0.3, -0.25) is 0 Å². The number of hydrogen-bond donors (Lipinski definition) is 2. The van der Waals surface area contributed by atoms with Crippen LogP contribution in [0.25, 0.3) is 11.1 Å². The summed E-state index contributed by atoms with van der Waals surface area (Å²) < 4.78 is 15.3. The van der Waals surface area contributed by atoms with Gasteiger partial charge in [0.2, 0.25) is 5.95 Å². The molecule has 0 aliphatic rings. The van der Waals surface area contributed by atoms with Crippen molar-refractivity contribution in [1.29, 1.82) is 0 Å². The van der Waals surface area contributed by atoms with Crippen LogP contribution in [0.5, 0.6) is 0 Å².